The Balaban J connectivity index is 0.00000304. The topological polar surface area (TPSA) is 60.2 Å². The van der Waals surface area contributed by atoms with Gasteiger partial charge in [0.05, 0.1) is 23.2 Å². The Kier molecular flexibility index (Phi) is 8.25. The highest BCUT2D eigenvalue weighted by Crippen LogP contribution is 2.39. The van der Waals surface area contributed by atoms with Crippen molar-refractivity contribution in [2.45, 2.75) is 13.0 Å². The molecule has 0 aliphatic rings. The van der Waals surface area contributed by atoms with Gasteiger partial charge in [-0.2, -0.15) is 0 Å². The van der Waals surface area contributed by atoms with Crippen molar-refractivity contribution in [2.24, 2.45) is 0 Å². The molecule has 0 saturated carbocycles. The van der Waals surface area contributed by atoms with Crippen molar-refractivity contribution in [1.29, 1.82) is 0 Å². The van der Waals surface area contributed by atoms with Gasteiger partial charge in [-0.25, -0.2) is 9.97 Å². The van der Waals surface area contributed by atoms with Gasteiger partial charge in [0.2, 0.25) is 0 Å². The van der Waals surface area contributed by atoms with Crippen molar-refractivity contribution in [3.63, 3.8) is 0 Å². The molecule has 0 atom stereocenters. The fourth-order valence-corrected chi connectivity index (χ4v) is 5.21. The highest BCUT2D eigenvalue weighted by molar-refractivity contribution is 7.23. The molecular formula is C27H24Cl2N4O2S. The summed E-state index contributed by atoms with van der Waals surface area (Å²) in [7, 11) is 1.60. The van der Waals surface area contributed by atoms with Gasteiger partial charge in [-0.3, -0.25) is 9.69 Å². The fourth-order valence-electron chi connectivity index (χ4n) is 3.93. The number of aryl methyl sites for hydroxylation is 1. The molecule has 0 saturated heterocycles. The Labute approximate surface area is 224 Å². The van der Waals surface area contributed by atoms with Gasteiger partial charge in [-0.1, -0.05) is 65.4 Å². The number of hydrogen-bond donors (Lipinski definition) is 0. The molecule has 0 spiro atoms. The van der Waals surface area contributed by atoms with E-state index in [1.165, 1.54) is 11.3 Å². The summed E-state index contributed by atoms with van der Waals surface area (Å²) in [5, 5.41) is 1.18. The number of amides is 1. The van der Waals surface area contributed by atoms with Gasteiger partial charge in [-0.15, -0.1) is 12.4 Å². The van der Waals surface area contributed by atoms with Gasteiger partial charge < -0.3 is 9.30 Å². The molecule has 0 unspecified atom stereocenters. The SMILES string of the molecule is COc1ccc(Cl)c2sc(N(CCCn3ccnc3)C(=O)c3ccc(-c4ccccc4)cc3)nc12.Cl. The average molecular weight is 539 g/mol. The number of imidazole rings is 1. The molecule has 0 radical (unpaired) electrons. The third-order valence-corrected chi connectivity index (χ3v) is 7.28. The monoisotopic (exact) mass is 538 g/mol. The molecule has 0 bridgehead atoms. The number of thiazole rings is 1. The number of benzene rings is 3. The molecule has 5 rings (SSSR count). The molecule has 6 nitrogen and oxygen atoms in total. The van der Waals surface area contributed by atoms with E-state index in [1.807, 2.05) is 53.2 Å². The second-order valence-corrected chi connectivity index (χ2v) is 9.36. The number of ether oxygens (including phenoxy) is 1. The first kappa shape index (κ1) is 25.7. The lowest BCUT2D eigenvalue weighted by molar-refractivity contribution is 0.0986. The van der Waals surface area contributed by atoms with Crippen molar-refractivity contribution < 1.29 is 9.53 Å². The predicted molar refractivity (Wildman–Crippen MR) is 149 cm³/mol. The van der Waals surface area contributed by atoms with Crippen molar-refractivity contribution in [3.8, 4) is 16.9 Å². The Bertz CT molecular complexity index is 1440. The van der Waals surface area contributed by atoms with Gasteiger partial charge in [0.15, 0.2) is 5.13 Å². The molecular weight excluding hydrogens is 515 g/mol. The molecule has 9 heteroatoms. The minimum absolute atomic E-state index is 0. The molecule has 36 heavy (non-hydrogen) atoms. The van der Waals surface area contributed by atoms with Crippen LogP contribution in [-0.2, 0) is 6.54 Å². The van der Waals surface area contributed by atoms with Crippen LogP contribution in [0.15, 0.2) is 85.5 Å². The van der Waals surface area contributed by atoms with E-state index in [4.69, 9.17) is 21.3 Å². The number of hydrogen-bond acceptors (Lipinski definition) is 5. The van der Waals surface area contributed by atoms with Crippen LogP contribution < -0.4 is 9.64 Å². The van der Waals surface area contributed by atoms with Crippen LogP contribution in [0.3, 0.4) is 0 Å². The summed E-state index contributed by atoms with van der Waals surface area (Å²) in [6.07, 6.45) is 6.18. The smallest absolute Gasteiger partial charge is 0.260 e. The van der Waals surface area contributed by atoms with E-state index >= 15 is 0 Å². The van der Waals surface area contributed by atoms with E-state index < -0.39 is 0 Å². The van der Waals surface area contributed by atoms with Crippen LogP contribution in [-0.4, -0.2) is 34.1 Å². The molecule has 3 aromatic carbocycles. The van der Waals surface area contributed by atoms with E-state index in [0.717, 1.165) is 28.8 Å². The summed E-state index contributed by atoms with van der Waals surface area (Å²) in [5.41, 5.74) is 3.43. The van der Waals surface area contributed by atoms with Crippen molar-refractivity contribution in [1.82, 2.24) is 14.5 Å². The lowest BCUT2D eigenvalue weighted by atomic mass is 10.0. The zero-order valence-electron chi connectivity index (χ0n) is 19.5. The lowest BCUT2D eigenvalue weighted by Crippen LogP contribution is -2.32. The number of nitrogens with zero attached hydrogens (tertiary/aromatic N) is 4. The van der Waals surface area contributed by atoms with Crippen LogP contribution >= 0.6 is 35.3 Å². The van der Waals surface area contributed by atoms with E-state index in [9.17, 15) is 4.79 Å². The highest BCUT2D eigenvalue weighted by atomic mass is 35.5. The molecule has 1 amide bonds. The van der Waals surface area contributed by atoms with Crippen LogP contribution in [0.5, 0.6) is 5.75 Å². The Morgan fingerprint density at radius 1 is 1.06 bits per heavy atom. The highest BCUT2D eigenvalue weighted by Gasteiger charge is 2.23. The second kappa shape index (κ2) is 11.6. The molecule has 2 aromatic heterocycles. The van der Waals surface area contributed by atoms with Gasteiger partial charge in [0.1, 0.15) is 11.3 Å². The molecule has 0 N–H and O–H groups in total. The quantitative estimate of drug-likeness (QED) is 0.214. The first-order valence-corrected chi connectivity index (χ1v) is 12.4. The first-order valence-electron chi connectivity index (χ1n) is 11.2. The van der Waals surface area contributed by atoms with Gasteiger partial charge in [0, 0.05) is 31.0 Å². The Hall–Kier alpha value is -3.39. The number of carbonyl (C=O) groups is 1. The summed E-state index contributed by atoms with van der Waals surface area (Å²) in [5.74, 6) is 0.523. The molecule has 0 fully saturated rings. The Morgan fingerprint density at radius 2 is 1.81 bits per heavy atom. The number of rotatable bonds is 8. The van der Waals surface area contributed by atoms with Crippen molar-refractivity contribution >= 4 is 56.6 Å². The van der Waals surface area contributed by atoms with Crippen LogP contribution in [0.2, 0.25) is 5.02 Å². The summed E-state index contributed by atoms with van der Waals surface area (Å²) in [6, 6.07) is 21.4. The van der Waals surface area contributed by atoms with E-state index in [1.54, 1.807) is 36.7 Å². The summed E-state index contributed by atoms with van der Waals surface area (Å²) in [4.78, 5) is 24.3. The van der Waals surface area contributed by atoms with Crippen molar-refractivity contribution in [3.05, 3.63) is 96.0 Å². The maximum Gasteiger partial charge on any atom is 0.260 e. The normalized spacial score (nSPS) is 10.7. The maximum absolute atomic E-state index is 13.7. The molecule has 5 aromatic rings. The van der Waals surface area contributed by atoms with Crippen LogP contribution in [0.4, 0.5) is 5.13 Å². The molecule has 0 aliphatic heterocycles. The third kappa shape index (κ3) is 5.38. The lowest BCUT2D eigenvalue weighted by Gasteiger charge is -2.20. The number of methoxy groups -OCH3 is 1. The van der Waals surface area contributed by atoms with E-state index in [0.29, 0.717) is 33.5 Å². The summed E-state index contributed by atoms with van der Waals surface area (Å²) >= 11 is 7.84. The summed E-state index contributed by atoms with van der Waals surface area (Å²) in [6.45, 7) is 1.24. The third-order valence-electron chi connectivity index (χ3n) is 5.74. The minimum Gasteiger partial charge on any atom is -0.494 e. The van der Waals surface area contributed by atoms with Crippen molar-refractivity contribution in [2.75, 3.05) is 18.6 Å². The second-order valence-electron chi connectivity index (χ2n) is 7.98. The van der Waals surface area contributed by atoms with Gasteiger partial charge in [0.25, 0.3) is 5.91 Å². The van der Waals surface area contributed by atoms with Crippen LogP contribution in [0.1, 0.15) is 16.8 Å². The number of aromatic nitrogens is 3. The zero-order valence-corrected chi connectivity index (χ0v) is 21.9. The number of halogens is 2. The molecule has 0 aliphatic carbocycles. The number of carbonyl (C=O) groups excluding carboxylic acids is 1. The predicted octanol–water partition coefficient (Wildman–Crippen LogP) is 6.98. The van der Waals surface area contributed by atoms with E-state index in [-0.39, 0.29) is 18.3 Å². The number of anilines is 1. The van der Waals surface area contributed by atoms with Crippen LogP contribution in [0, 0.1) is 0 Å². The number of fused-ring (bicyclic) bond motifs is 1. The standard InChI is InChI=1S/C27H23ClN4O2S.ClH/c1-34-23-13-12-22(28)25-24(23)30-27(35-25)32(16-5-15-31-17-14-29-18-31)26(33)21-10-8-20(9-11-21)19-6-3-2-4-7-19;/h2-4,6-14,17-18H,5,15-16H2,1H3;1H. The minimum atomic E-state index is -0.107. The molecule has 184 valence electrons. The van der Waals surface area contributed by atoms with Crippen LogP contribution in [0.25, 0.3) is 21.3 Å². The van der Waals surface area contributed by atoms with Gasteiger partial charge >= 0.3 is 0 Å². The Morgan fingerprint density at radius 3 is 2.50 bits per heavy atom. The summed E-state index contributed by atoms with van der Waals surface area (Å²) < 4.78 is 8.27. The fraction of sp³-hybridized carbons (Fsp3) is 0.148. The average Bonchev–Trinajstić information content (AvgIpc) is 3.58. The molecule has 2 heterocycles. The first-order chi connectivity index (χ1) is 17.1. The van der Waals surface area contributed by atoms with Gasteiger partial charge in [-0.05, 0) is 41.8 Å². The maximum atomic E-state index is 13.7. The zero-order chi connectivity index (χ0) is 24.2. The largest absolute Gasteiger partial charge is 0.494 e. The van der Waals surface area contributed by atoms with E-state index in [2.05, 4.69) is 17.1 Å².